The highest BCUT2D eigenvalue weighted by atomic mass is 16.3. The third kappa shape index (κ3) is 5.16. The lowest BCUT2D eigenvalue weighted by Gasteiger charge is -2.22. The predicted molar refractivity (Wildman–Crippen MR) is 204 cm³/mol. The number of aromatic amines is 1. The molecule has 0 saturated heterocycles. The monoisotopic (exact) mass is 680 g/mol. The fourth-order valence-electron chi connectivity index (χ4n) is 7.41. The van der Waals surface area contributed by atoms with Gasteiger partial charge in [0.25, 0.3) is 0 Å². The number of allylic oxidation sites excluding steroid dienone is 5. The van der Waals surface area contributed by atoms with E-state index in [2.05, 4.69) is 16.4 Å². The summed E-state index contributed by atoms with van der Waals surface area (Å²) >= 11 is 0. The summed E-state index contributed by atoms with van der Waals surface area (Å²) in [5.74, 6) is 0.439. The highest BCUT2D eigenvalue weighted by Gasteiger charge is 2.31. The second-order valence-electron chi connectivity index (χ2n) is 12.9. The molecule has 4 aromatic carbocycles. The van der Waals surface area contributed by atoms with E-state index in [9.17, 15) is 20.4 Å². The van der Waals surface area contributed by atoms with E-state index < -0.39 is 0 Å². The molecule has 9 rings (SSSR count). The van der Waals surface area contributed by atoms with E-state index in [1.165, 1.54) is 0 Å². The number of benzene rings is 4. The molecule has 0 radical (unpaired) electrons. The maximum absolute atomic E-state index is 11.2. The van der Waals surface area contributed by atoms with Gasteiger partial charge in [-0.25, -0.2) is 9.98 Å². The van der Waals surface area contributed by atoms with Crippen molar-refractivity contribution in [2.45, 2.75) is 12.5 Å². The SMILES string of the molecule is Oc1ccccc1/C1=C2\C=CC(=N2)/C(c2ccccc2O)=c2/cc/c([nH]2)=C(\c2ccccc2O)C2=N/C(=C(/c3ccccc3O)C3CC=C1N3)C=C2. The lowest BCUT2D eigenvalue weighted by Crippen LogP contribution is -2.26. The van der Waals surface area contributed by atoms with Gasteiger partial charge in [-0.15, -0.1) is 0 Å². The van der Waals surface area contributed by atoms with Crippen LogP contribution in [0.4, 0.5) is 0 Å². The number of fused-ring (bicyclic) bond motifs is 6. The van der Waals surface area contributed by atoms with Crippen molar-refractivity contribution in [2.75, 3.05) is 0 Å². The molecule has 0 saturated carbocycles. The number of rotatable bonds is 4. The summed E-state index contributed by atoms with van der Waals surface area (Å²) in [5, 5.41) is 49.8. The first kappa shape index (κ1) is 31.0. The number of phenols is 4. The predicted octanol–water partition coefficient (Wildman–Crippen LogP) is 6.34. The van der Waals surface area contributed by atoms with E-state index in [1.54, 1.807) is 48.5 Å². The van der Waals surface area contributed by atoms with Gasteiger partial charge in [-0.2, -0.15) is 0 Å². The Bertz CT molecular complexity index is 2690. The first-order chi connectivity index (χ1) is 25.4. The quantitative estimate of drug-likeness (QED) is 0.132. The fourth-order valence-corrected chi connectivity index (χ4v) is 7.41. The molecule has 1 atom stereocenters. The van der Waals surface area contributed by atoms with Crippen molar-refractivity contribution in [3.8, 4) is 23.0 Å². The third-order valence-electron chi connectivity index (χ3n) is 9.77. The normalized spacial score (nSPS) is 22.6. The number of phenolic OH excluding ortho intramolecular Hbond substituents is 4. The van der Waals surface area contributed by atoms with Gasteiger partial charge in [-0.1, -0.05) is 78.9 Å². The molecular formula is C44H32N4O4. The Morgan fingerprint density at radius 1 is 0.481 bits per heavy atom. The number of hydrogen-bond acceptors (Lipinski definition) is 7. The number of aliphatic imine (C=N–C) groups is 2. The summed E-state index contributed by atoms with van der Waals surface area (Å²) in [7, 11) is 0. The standard InChI is InChI=1S/C44H32N4O4/c49-37-13-5-1-9-25(37)41-29-17-19-31(45-29)42(26-10-2-6-14-38(26)50)33-21-23-35(47-33)44(28-12-4-8-16-40(28)52)36-24-22-34(48-36)43(32-20-18-30(41)46-32)27-11-3-7-15-39(27)51/h1-23,36,45,48-52H,24H2/b41-29-,42-31-,43-32-,44-35-. The number of nitrogens with one attached hydrogen (secondary N) is 2. The summed E-state index contributed by atoms with van der Waals surface area (Å²) in [4.78, 5) is 14.0. The van der Waals surface area contributed by atoms with Crippen LogP contribution in [0, 0.1) is 0 Å². The lowest BCUT2D eigenvalue weighted by atomic mass is 9.94. The van der Waals surface area contributed by atoms with Crippen molar-refractivity contribution < 1.29 is 20.4 Å². The summed E-state index contributed by atoms with van der Waals surface area (Å²) in [5.41, 5.74) is 8.60. The minimum absolute atomic E-state index is 0.0972. The molecule has 0 amide bonds. The largest absolute Gasteiger partial charge is 0.507 e. The van der Waals surface area contributed by atoms with Gasteiger partial charge in [0.2, 0.25) is 0 Å². The topological polar surface area (TPSA) is 133 Å². The number of para-hydroxylation sites is 4. The average molecular weight is 681 g/mol. The molecule has 1 aromatic heterocycles. The van der Waals surface area contributed by atoms with Crippen molar-refractivity contribution in [3.63, 3.8) is 0 Å². The summed E-state index contributed by atoms with van der Waals surface area (Å²) in [6, 6.07) is 32.3. The van der Waals surface area contributed by atoms with Crippen molar-refractivity contribution in [1.29, 1.82) is 0 Å². The van der Waals surface area contributed by atoms with Gasteiger partial charge in [0.05, 0.1) is 28.9 Å². The molecule has 1 unspecified atom stereocenters. The number of aromatic nitrogens is 1. The van der Waals surface area contributed by atoms with Crippen LogP contribution in [0.5, 0.6) is 23.0 Å². The van der Waals surface area contributed by atoms with E-state index in [0.29, 0.717) is 78.9 Å². The number of nitrogens with zero attached hydrogens (tertiary/aromatic N) is 2. The van der Waals surface area contributed by atoms with Gasteiger partial charge in [-0.3, -0.25) is 0 Å². The minimum atomic E-state index is -0.302. The molecule has 52 heavy (non-hydrogen) atoms. The van der Waals surface area contributed by atoms with Crippen molar-refractivity contribution in [2.24, 2.45) is 9.98 Å². The number of aromatic hydroxyl groups is 4. The van der Waals surface area contributed by atoms with E-state index in [4.69, 9.17) is 9.98 Å². The van der Waals surface area contributed by atoms with Gasteiger partial charge in [0.1, 0.15) is 23.0 Å². The van der Waals surface area contributed by atoms with Crippen LogP contribution in [0.1, 0.15) is 28.7 Å². The molecular weight excluding hydrogens is 649 g/mol. The van der Waals surface area contributed by atoms with Gasteiger partial charge in [0, 0.05) is 60.9 Å². The zero-order chi connectivity index (χ0) is 35.3. The fraction of sp³-hybridized carbons (Fsp3) is 0.0455. The van der Waals surface area contributed by atoms with Crippen molar-refractivity contribution in [1.82, 2.24) is 10.3 Å². The maximum atomic E-state index is 11.2. The average Bonchev–Trinajstić information content (AvgIpc) is 3.99. The highest BCUT2D eigenvalue weighted by molar-refractivity contribution is 6.32. The van der Waals surface area contributed by atoms with E-state index in [-0.39, 0.29) is 29.0 Å². The Balaban J connectivity index is 1.41. The smallest absolute Gasteiger partial charge is 0.123 e. The first-order valence-electron chi connectivity index (χ1n) is 17.0. The molecule has 252 valence electrons. The zero-order valence-corrected chi connectivity index (χ0v) is 27.7. The molecule has 5 aromatic rings. The molecule has 4 aliphatic heterocycles. The summed E-state index contributed by atoms with van der Waals surface area (Å²) in [6.45, 7) is 0. The van der Waals surface area contributed by atoms with Gasteiger partial charge in [-0.05, 0) is 67.1 Å². The highest BCUT2D eigenvalue weighted by Crippen LogP contribution is 2.42. The summed E-state index contributed by atoms with van der Waals surface area (Å²) < 4.78 is 0. The zero-order valence-electron chi connectivity index (χ0n) is 27.7. The molecule has 6 N–H and O–H groups in total. The third-order valence-corrected chi connectivity index (χ3v) is 9.77. The molecule has 0 spiro atoms. The van der Waals surface area contributed by atoms with Crippen LogP contribution in [0.3, 0.4) is 0 Å². The first-order valence-corrected chi connectivity index (χ1v) is 17.0. The Kier molecular flexibility index (Phi) is 7.36. The molecule has 5 heterocycles. The molecule has 0 aliphatic carbocycles. The molecule has 8 nitrogen and oxygen atoms in total. The van der Waals surface area contributed by atoms with Gasteiger partial charge >= 0.3 is 0 Å². The van der Waals surface area contributed by atoms with Crippen molar-refractivity contribution in [3.05, 3.63) is 190 Å². The molecule has 8 bridgehead atoms. The van der Waals surface area contributed by atoms with Crippen LogP contribution in [-0.4, -0.2) is 42.9 Å². The molecule has 0 fully saturated rings. The molecule has 4 aliphatic rings. The van der Waals surface area contributed by atoms with Crippen LogP contribution in [0.15, 0.2) is 167 Å². The lowest BCUT2D eigenvalue weighted by molar-refractivity contribution is 0.472. The van der Waals surface area contributed by atoms with Crippen LogP contribution in [0.25, 0.3) is 22.3 Å². The second-order valence-corrected chi connectivity index (χ2v) is 12.9. The Morgan fingerprint density at radius 2 is 0.923 bits per heavy atom. The van der Waals surface area contributed by atoms with Gasteiger partial charge in [0.15, 0.2) is 0 Å². The Labute approximate surface area is 298 Å². The van der Waals surface area contributed by atoms with E-state index >= 15 is 0 Å². The van der Waals surface area contributed by atoms with Crippen molar-refractivity contribution >= 4 is 33.7 Å². The second kappa shape index (κ2) is 12.4. The van der Waals surface area contributed by atoms with Crippen LogP contribution >= 0.6 is 0 Å². The number of hydrogen-bond donors (Lipinski definition) is 6. The van der Waals surface area contributed by atoms with E-state index in [0.717, 1.165) is 11.3 Å². The van der Waals surface area contributed by atoms with Crippen LogP contribution in [-0.2, 0) is 0 Å². The van der Waals surface area contributed by atoms with Crippen LogP contribution < -0.4 is 16.0 Å². The Hall–Kier alpha value is -7.06. The molecule has 8 heteroatoms. The minimum Gasteiger partial charge on any atom is -0.507 e. The summed E-state index contributed by atoms with van der Waals surface area (Å²) in [6.07, 6.45) is 10.4. The Morgan fingerprint density at radius 3 is 1.44 bits per heavy atom. The van der Waals surface area contributed by atoms with Crippen LogP contribution in [0.2, 0.25) is 0 Å². The van der Waals surface area contributed by atoms with E-state index in [1.807, 2.05) is 85.0 Å². The van der Waals surface area contributed by atoms with Gasteiger partial charge < -0.3 is 30.7 Å². The number of H-pyrrole nitrogens is 1. The maximum Gasteiger partial charge on any atom is 0.123 e.